The molecule has 10 heteroatoms. The summed E-state index contributed by atoms with van der Waals surface area (Å²) < 4.78 is 8.11. The van der Waals surface area contributed by atoms with Crippen LogP contribution in [0.3, 0.4) is 0 Å². The van der Waals surface area contributed by atoms with E-state index in [-0.39, 0.29) is 36.5 Å². The van der Waals surface area contributed by atoms with Crippen molar-refractivity contribution in [3.8, 4) is 0 Å². The number of halogens is 1. The molecule has 2 aromatic rings. The molecule has 0 aliphatic heterocycles. The second-order valence-corrected chi connectivity index (χ2v) is 5.35. The lowest BCUT2D eigenvalue weighted by molar-refractivity contribution is -0.141. The van der Waals surface area contributed by atoms with Gasteiger partial charge in [0.2, 0.25) is 0 Å². The molecule has 9 nitrogen and oxygen atoms in total. The average molecular weight is 461 g/mol. The van der Waals surface area contributed by atoms with Crippen molar-refractivity contribution in [3.05, 3.63) is 35.9 Å². The predicted octanol–water partition coefficient (Wildman–Crippen LogP) is 0.615. The standard InChI is InChI=1S/C15H23N7O2.HI/c1-16-15(21(3)10-13-6-5-7-20(13)2)17-8-12-9-22(19-18-12)11-14(23)24-4;/h5-7,9H,8,10-11H2,1-4H3,(H,16,17);1H. The molecule has 0 bridgehead atoms. The van der Waals surface area contributed by atoms with E-state index >= 15 is 0 Å². The molecule has 0 aromatic carbocycles. The molecule has 25 heavy (non-hydrogen) atoms. The number of rotatable bonds is 6. The van der Waals surface area contributed by atoms with Crippen LogP contribution >= 0.6 is 24.0 Å². The highest BCUT2D eigenvalue weighted by Crippen LogP contribution is 2.04. The number of carbonyl (C=O) groups is 1. The predicted molar refractivity (Wildman–Crippen MR) is 105 cm³/mol. The van der Waals surface area contributed by atoms with Crippen LogP contribution in [0.4, 0.5) is 0 Å². The Hall–Kier alpha value is -2.11. The van der Waals surface area contributed by atoms with Crippen LogP contribution in [0.15, 0.2) is 29.5 Å². The average Bonchev–Trinajstić information content (AvgIpc) is 3.17. The Balaban J connectivity index is 0.00000312. The maximum absolute atomic E-state index is 11.2. The number of guanidine groups is 1. The molecular formula is C15H24IN7O2. The molecule has 0 saturated carbocycles. The van der Waals surface area contributed by atoms with E-state index in [4.69, 9.17) is 0 Å². The summed E-state index contributed by atoms with van der Waals surface area (Å²) in [6, 6.07) is 4.08. The number of nitrogens with one attached hydrogen (secondary N) is 1. The lowest BCUT2D eigenvalue weighted by Gasteiger charge is -2.22. The van der Waals surface area contributed by atoms with Crippen LogP contribution in [0.5, 0.6) is 0 Å². The molecule has 0 fully saturated rings. The molecule has 0 atom stereocenters. The van der Waals surface area contributed by atoms with E-state index in [2.05, 4.69) is 36.0 Å². The number of ether oxygens (including phenoxy) is 1. The van der Waals surface area contributed by atoms with Crippen LogP contribution in [0, 0.1) is 0 Å². The highest BCUT2D eigenvalue weighted by Gasteiger charge is 2.10. The number of aromatic nitrogens is 4. The number of carbonyl (C=O) groups excluding carboxylic acids is 1. The minimum Gasteiger partial charge on any atom is -0.468 e. The molecule has 2 aromatic heterocycles. The summed E-state index contributed by atoms with van der Waals surface area (Å²) in [6.07, 6.45) is 3.72. The molecule has 0 amide bonds. The summed E-state index contributed by atoms with van der Waals surface area (Å²) in [4.78, 5) is 17.5. The first-order chi connectivity index (χ1) is 11.5. The molecule has 0 aliphatic rings. The molecule has 1 N–H and O–H groups in total. The van der Waals surface area contributed by atoms with E-state index in [1.807, 2.05) is 31.3 Å². The van der Waals surface area contributed by atoms with E-state index < -0.39 is 0 Å². The zero-order valence-corrected chi connectivity index (χ0v) is 17.2. The number of hydrogen-bond acceptors (Lipinski definition) is 5. The van der Waals surface area contributed by atoms with Crippen molar-refractivity contribution in [2.45, 2.75) is 19.6 Å². The van der Waals surface area contributed by atoms with Gasteiger partial charge in [-0.05, 0) is 12.1 Å². The molecule has 0 unspecified atom stereocenters. The highest BCUT2D eigenvalue weighted by atomic mass is 127. The highest BCUT2D eigenvalue weighted by molar-refractivity contribution is 14.0. The molecule has 138 valence electrons. The Labute approximate surface area is 164 Å². The van der Waals surface area contributed by atoms with E-state index in [9.17, 15) is 4.79 Å². The number of esters is 1. The van der Waals surface area contributed by atoms with Gasteiger partial charge in [0.25, 0.3) is 0 Å². The van der Waals surface area contributed by atoms with Gasteiger partial charge in [0.15, 0.2) is 5.96 Å². The first-order valence-electron chi connectivity index (χ1n) is 7.51. The fourth-order valence-corrected chi connectivity index (χ4v) is 2.23. The summed E-state index contributed by atoms with van der Waals surface area (Å²) in [5.41, 5.74) is 1.90. The van der Waals surface area contributed by atoms with Gasteiger partial charge >= 0.3 is 5.97 Å². The third-order valence-electron chi connectivity index (χ3n) is 3.56. The quantitative estimate of drug-likeness (QED) is 0.294. The van der Waals surface area contributed by atoms with Crippen molar-refractivity contribution in [3.63, 3.8) is 0 Å². The van der Waals surface area contributed by atoms with Crippen LogP contribution in [0.1, 0.15) is 11.4 Å². The van der Waals surface area contributed by atoms with E-state index in [1.165, 1.54) is 17.5 Å². The van der Waals surface area contributed by atoms with Gasteiger partial charge in [-0.2, -0.15) is 0 Å². The number of nitrogens with zero attached hydrogens (tertiary/aromatic N) is 6. The number of hydrogen-bond donors (Lipinski definition) is 1. The Bertz CT molecular complexity index is 710. The van der Waals surface area contributed by atoms with Gasteiger partial charge in [0, 0.05) is 33.0 Å². The van der Waals surface area contributed by atoms with Gasteiger partial charge in [-0.3, -0.25) is 9.79 Å². The van der Waals surface area contributed by atoms with E-state index in [0.29, 0.717) is 12.2 Å². The van der Waals surface area contributed by atoms with Gasteiger partial charge < -0.3 is 19.5 Å². The third-order valence-corrected chi connectivity index (χ3v) is 3.56. The largest absolute Gasteiger partial charge is 0.468 e. The normalized spacial score (nSPS) is 11.0. The minimum absolute atomic E-state index is 0. The third kappa shape index (κ3) is 6.03. The van der Waals surface area contributed by atoms with Crippen LogP contribution in [0.25, 0.3) is 0 Å². The van der Waals surface area contributed by atoms with Crippen LogP contribution in [-0.4, -0.2) is 57.6 Å². The molecular weight excluding hydrogens is 437 g/mol. The summed E-state index contributed by atoms with van der Waals surface area (Å²) in [6.45, 7) is 1.25. The Kier molecular flexibility index (Phi) is 8.38. The lowest BCUT2D eigenvalue weighted by atomic mass is 10.4. The van der Waals surface area contributed by atoms with Crippen molar-refractivity contribution in [1.82, 2.24) is 29.8 Å². The molecule has 0 spiro atoms. The van der Waals surface area contributed by atoms with Crippen molar-refractivity contribution in [2.24, 2.45) is 12.0 Å². The zero-order valence-electron chi connectivity index (χ0n) is 14.8. The zero-order chi connectivity index (χ0) is 17.5. The van der Waals surface area contributed by atoms with Crippen LogP contribution in [-0.2, 0) is 36.2 Å². The SMILES string of the molecule is CN=C(NCc1cn(CC(=O)OC)nn1)N(C)Cc1cccn1C.I. The van der Waals surface area contributed by atoms with Gasteiger partial charge in [-0.15, -0.1) is 29.1 Å². The number of aliphatic imine (C=N–C) groups is 1. The number of aryl methyl sites for hydroxylation is 1. The fraction of sp³-hybridized carbons (Fsp3) is 0.467. The second kappa shape index (κ2) is 10.0. The fourth-order valence-electron chi connectivity index (χ4n) is 2.23. The van der Waals surface area contributed by atoms with Crippen molar-refractivity contribution in [1.29, 1.82) is 0 Å². The molecule has 2 heterocycles. The van der Waals surface area contributed by atoms with Gasteiger partial charge in [-0.25, -0.2) is 4.68 Å². The Morgan fingerprint density at radius 3 is 2.84 bits per heavy atom. The summed E-state index contributed by atoms with van der Waals surface area (Å²) >= 11 is 0. The topological polar surface area (TPSA) is 89.6 Å². The van der Waals surface area contributed by atoms with Crippen LogP contribution < -0.4 is 5.32 Å². The molecule has 0 radical (unpaired) electrons. The molecule has 0 aliphatic carbocycles. The van der Waals surface area contributed by atoms with Gasteiger partial charge in [0.05, 0.1) is 26.4 Å². The molecule has 2 rings (SSSR count). The second-order valence-electron chi connectivity index (χ2n) is 5.35. The summed E-state index contributed by atoms with van der Waals surface area (Å²) in [5, 5.41) is 11.2. The van der Waals surface area contributed by atoms with E-state index in [0.717, 1.165) is 12.5 Å². The Morgan fingerprint density at radius 2 is 2.24 bits per heavy atom. The summed E-state index contributed by atoms with van der Waals surface area (Å²) in [7, 11) is 7.06. The molecule has 0 saturated heterocycles. The lowest BCUT2D eigenvalue weighted by Crippen LogP contribution is -2.38. The first-order valence-corrected chi connectivity index (χ1v) is 7.51. The van der Waals surface area contributed by atoms with E-state index in [1.54, 1.807) is 13.2 Å². The first kappa shape index (κ1) is 20.9. The monoisotopic (exact) mass is 461 g/mol. The van der Waals surface area contributed by atoms with Gasteiger partial charge in [-0.1, -0.05) is 5.21 Å². The van der Waals surface area contributed by atoms with Crippen molar-refractivity contribution >= 4 is 35.9 Å². The maximum Gasteiger partial charge on any atom is 0.327 e. The van der Waals surface area contributed by atoms with Crippen LogP contribution in [0.2, 0.25) is 0 Å². The van der Waals surface area contributed by atoms with Gasteiger partial charge in [0.1, 0.15) is 12.2 Å². The van der Waals surface area contributed by atoms with Crippen molar-refractivity contribution in [2.75, 3.05) is 21.2 Å². The smallest absolute Gasteiger partial charge is 0.327 e. The Morgan fingerprint density at radius 1 is 1.48 bits per heavy atom. The number of methoxy groups -OCH3 is 1. The minimum atomic E-state index is -0.363. The van der Waals surface area contributed by atoms with Crippen molar-refractivity contribution < 1.29 is 9.53 Å². The summed E-state index contributed by atoms with van der Waals surface area (Å²) in [5.74, 6) is 0.385. The maximum atomic E-state index is 11.2.